The van der Waals surface area contributed by atoms with Crippen LogP contribution in [0.5, 0.6) is 0 Å². The van der Waals surface area contributed by atoms with E-state index in [1.54, 1.807) is 6.42 Å². The molecule has 2 rings (SSSR count). The van der Waals surface area contributed by atoms with Crippen LogP contribution in [0.3, 0.4) is 0 Å². The van der Waals surface area contributed by atoms with Gasteiger partial charge in [-0.25, -0.2) is 0 Å². The van der Waals surface area contributed by atoms with Gasteiger partial charge in [0.25, 0.3) is 0 Å². The minimum absolute atomic E-state index is 1.01. The van der Waals surface area contributed by atoms with Gasteiger partial charge < -0.3 is 10.2 Å². The van der Waals surface area contributed by atoms with Crippen molar-refractivity contribution < 1.29 is 0 Å². The fourth-order valence-corrected chi connectivity index (χ4v) is 2.74. The molecule has 14 heavy (non-hydrogen) atoms. The summed E-state index contributed by atoms with van der Waals surface area (Å²) in [6, 6.07) is 0. The predicted molar refractivity (Wildman–Crippen MR) is 60.4 cm³/mol. The normalized spacial score (nSPS) is 34.9. The Morgan fingerprint density at radius 1 is 1.21 bits per heavy atom. The molecule has 2 unspecified atom stereocenters. The van der Waals surface area contributed by atoms with Crippen LogP contribution in [0.1, 0.15) is 26.2 Å². The van der Waals surface area contributed by atoms with Crippen molar-refractivity contribution >= 4 is 0 Å². The predicted octanol–water partition coefficient (Wildman–Crippen LogP) is 1.57. The lowest BCUT2D eigenvalue weighted by atomic mass is 10.0. The van der Waals surface area contributed by atoms with E-state index in [4.69, 9.17) is 0 Å². The van der Waals surface area contributed by atoms with E-state index in [1.165, 1.54) is 25.9 Å². The monoisotopic (exact) mass is 196 g/mol. The first kappa shape index (κ1) is 10.4. The SMILES string of the molecule is CCN(C)CCNCC1CC2CC2C1. The van der Waals surface area contributed by atoms with E-state index in [2.05, 4.69) is 24.2 Å². The second-order valence-corrected chi connectivity index (χ2v) is 5.19. The summed E-state index contributed by atoms with van der Waals surface area (Å²) in [7, 11) is 2.19. The molecule has 2 aliphatic carbocycles. The Balaban J connectivity index is 1.47. The van der Waals surface area contributed by atoms with Gasteiger partial charge in [-0.15, -0.1) is 0 Å². The van der Waals surface area contributed by atoms with Crippen LogP contribution in [0.4, 0.5) is 0 Å². The van der Waals surface area contributed by atoms with Crippen molar-refractivity contribution in [2.45, 2.75) is 26.2 Å². The standard InChI is InChI=1S/C12H24N2/c1-3-14(2)5-4-13-9-10-6-11-8-12(11)7-10/h10-13H,3-9H2,1-2H3. The quantitative estimate of drug-likeness (QED) is 0.649. The summed E-state index contributed by atoms with van der Waals surface area (Å²) in [6.45, 7) is 7.00. The van der Waals surface area contributed by atoms with E-state index in [-0.39, 0.29) is 0 Å². The molecular formula is C12H24N2. The summed E-state index contributed by atoms with van der Waals surface area (Å²) in [4.78, 5) is 2.36. The summed E-state index contributed by atoms with van der Waals surface area (Å²) in [6.07, 6.45) is 4.58. The molecule has 0 aliphatic heterocycles. The second kappa shape index (κ2) is 4.63. The zero-order chi connectivity index (χ0) is 9.97. The number of nitrogens with one attached hydrogen (secondary N) is 1. The lowest BCUT2D eigenvalue weighted by Crippen LogP contribution is -2.31. The maximum absolute atomic E-state index is 3.59. The number of hydrogen-bond acceptors (Lipinski definition) is 2. The zero-order valence-corrected chi connectivity index (χ0v) is 9.63. The Morgan fingerprint density at radius 2 is 1.93 bits per heavy atom. The van der Waals surface area contributed by atoms with Crippen LogP contribution < -0.4 is 5.32 Å². The minimum atomic E-state index is 1.01. The molecule has 0 radical (unpaired) electrons. The number of likely N-dealkylation sites (N-methyl/N-ethyl adjacent to an activating group) is 1. The van der Waals surface area contributed by atoms with Crippen molar-refractivity contribution in [2.75, 3.05) is 33.2 Å². The molecule has 0 saturated heterocycles. The molecule has 0 aromatic heterocycles. The smallest absolute Gasteiger partial charge is 0.0104 e. The summed E-state index contributed by atoms with van der Waals surface area (Å²) >= 11 is 0. The lowest BCUT2D eigenvalue weighted by Gasteiger charge is -2.16. The van der Waals surface area contributed by atoms with E-state index < -0.39 is 0 Å². The Hall–Kier alpha value is -0.0800. The highest BCUT2D eigenvalue weighted by Crippen LogP contribution is 2.54. The van der Waals surface area contributed by atoms with Crippen molar-refractivity contribution in [3.63, 3.8) is 0 Å². The Morgan fingerprint density at radius 3 is 2.57 bits per heavy atom. The van der Waals surface area contributed by atoms with Gasteiger partial charge in [0.05, 0.1) is 0 Å². The summed E-state index contributed by atoms with van der Waals surface area (Å²) in [5, 5.41) is 3.59. The van der Waals surface area contributed by atoms with Crippen molar-refractivity contribution in [3.05, 3.63) is 0 Å². The third-order valence-electron chi connectivity index (χ3n) is 3.98. The minimum Gasteiger partial charge on any atom is -0.315 e. The van der Waals surface area contributed by atoms with Crippen molar-refractivity contribution in [1.29, 1.82) is 0 Å². The molecule has 2 nitrogen and oxygen atoms in total. The molecule has 82 valence electrons. The van der Waals surface area contributed by atoms with Crippen molar-refractivity contribution in [2.24, 2.45) is 17.8 Å². The number of hydrogen-bond donors (Lipinski definition) is 1. The topological polar surface area (TPSA) is 15.3 Å². The third kappa shape index (κ3) is 2.71. The van der Waals surface area contributed by atoms with Crippen LogP contribution in [0.15, 0.2) is 0 Å². The largest absolute Gasteiger partial charge is 0.315 e. The molecule has 0 aromatic rings. The highest BCUT2D eigenvalue weighted by Gasteiger charge is 2.45. The summed E-state index contributed by atoms with van der Waals surface area (Å²) in [5.74, 6) is 3.28. The summed E-state index contributed by atoms with van der Waals surface area (Å²) < 4.78 is 0. The van der Waals surface area contributed by atoms with Gasteiger partial charge in [0.15, 0.2) is 0 Å². The maximum atomic E-state index is 3.59. The zero-order valence-electron chi connectivity index (χ0n) is 9.63. The van der Waals surface area contributed by atoms with Gasteiger partial charge >= 0.3 is 0 Å². The first-order valence-electron chi connectivity index (χ1n) is 6.18. The van der Waals surface area contributed by atoms with Crippen LogP contribution in [0.25, 0.3) is 0 Å². The fourth-order valence-electron chi connectivity index (χ4n) is 2.74. The van der Waals surface area contributed by atoms with E-state index in [0.717, 1.165) is 30.8 Å². The van der Waals surface area contributed by atoms with E-state index in [9.17, 15) is 0 Å². The number of nitrogens with zero attached hydrogens (tertiary/aromatic N) is 1. The first-order valence-corrected chi connectivity index (χ1v) is 6.18. The summed E-state index contributed by atoms with van der Waals surface area (Å²) in [5.41, 5.74) is 0. The van der Waals surface area contributed by atoms with Gasteiger partial charge in [-0.3, -0.25) is 0 Å². The number of rotatable bonds is 6. The molecule has 0 aromatic carbocycles. The molecular weight excluding hydrogens is 172 g/mol. The molecule has 2 atom stereocenters. The third-order valence-corrected chi connectivity index (χ3v) is 3.98. The molecule has 2 fully saturated rings. The van der Waals surface area contributed by atoms with Crippen LogP contribution in [0, 0.1) is 17.8 Å². The molecule has 0 heterocycles. The Kier molecular flexibility index (Phi) is 3.45. The van der Waals surface area contributed by atoms with Gasteiger partial charge in [-0.2, -0.15) is 0 Å². The van der Waals surface area contributed by atoms with Gasteiger partial charge in [-0.05, 0) is 57.2 Å². The lowest BCUT2D eigenvalue weighted by molar-refractivity contribution is 0.340. The van der Waals surface area contributed by atoms with Crippen molar-refractivity contribution in [1.82, 2.24) is 10.2 Å². The molecule has 2 heteroatoms. The molecule has 0 spiro atoms. The van der Waals surface area contributed by atoms with E-state index in [0.29, 0.717) is 0 Å². The maximum Gasteiger partial charge on any atom is 0.0104 e. The van der Waals surface area contributed by atoms with E-state index >= 15 is 0 Å². The average Bonchev–Trinajstić information content (AvgIpc) is 2.81. The molecule has 0 bridgehead atoms. The van der Waals surface area contributed by atoms with Gasteiger partial charge in [0.2, 0.25) is 0 Å². The van der Waals surface area contributed by atoms with Gasteiger partial charge in [0, 0.05) is 13.1 Å². The van der Waals surface area contributed by atoms with Crippen molar-refractivity contribution in [3.8, 4) is 0 Å². The fraction of sp³-hybridized carbons (Fsp3) is 1.00. The highest BCUT2D eigenvalue weighted by molar-refractivity contribution is 4.96. The highest BCUT2D eigenvalue weighted by atomic mass is 15.1. The van der Waals surface area contributed by atoms with Gasteiger partial charge in [-0.1, -0.05) is 6.92 Å². The van der Waals surface area contributed by atoms with Crippen LogP contribution >= 0.6 is 0 Å². The average molecular weight is 196 g/mol. The van der Waals surface area contributed by atoms with E-state index in [1.807, 2.05) is 0 Å². The second-order valence-electron chi connectivity index (χ2n) is 5.19. The Bertz CT molecular complexity index is 171. The van der Waals surface area contributed by atoms with Crippen LogP contribution in [0.2, 0.25) is 0 Å². The molecule has 2 saturated carbocycles. The Labute approximate surface area is 88.1 Å². The van der Waals surface area contributed by atoms with Crippen LogP contribution in [-0.4, -0.2) is 38.1 Å². The molecule has 1 N–H and O–H groups in total. The van der Waals surface area contributed by atoms with Crippen LogP contribution in [-0.2, 0) is 0 Å². The molecule has 0 amide bonds. The first-order chi connectivity index (χ1) is 6.79. The molecule has 2 aliphatic rings. The van der Waals surface area contributed by atoms with Gasteiger partial charge in [0.1, 0.15) is 0 Å². The number of fused-ring (bicyclic) bond motifs is 1.